The highest BCUT2D eigenvalue weighted by atomic mass is 16.5. The van der Waals surface area contributed by atoms with Crippen LogP contribution in [0.2, 0.25) is 0 Å². The van der Waals surface area contributed by atoms with Gasteiger partial charge in [-0.15, -0.1) is 0 Å². The molecule has 17 heavy (non-hydrogen) atoms. The lowest BCUT2D eigenvalue weighted by atomic mass is 10.3. The smallest absolute Gasteiger partial charge is 0.260 e. The molecule has 3 N–H and O–H groups in total. The molecule has 2 rings (SSSR count). The highest BCUT2D eigenvalue weighted by Gasteiger charge is 2.24. The first-order chi connectivity index (χ1) is 8.15. The zero-order valence-corrected chi connectivity index (χ0v) is 9.50. The first-order valence-electron chi connectivity index (χ1n) is 5.59. The van der Waals surface area contributed by atoms with Crippen molar-refractivity contribution in [3.8, 4) is 5.75 Å². The van der Waals surface area contributed by atoms with Crippen LogP contribution in [0.3, 0.4) is 0 Å². The van der Waals surface area contributed by atoms with Gasteiger partial charge >= 0.3 is 0 Å². The van der Waals surface area contributed by atoms with E-state index in [1.165, 1.54) is 0 Å². The maximum Gasteiger partial charge on any atom is 0.260 e. The first kappa shape index (κ1) is 11.7. The van der Waals surface area contributed by atoms with E-state index in [9.17, 15) is 9.90 Å². The van der Waals surface area contributed by atoms with Crippen LogP contribution in [0.1, 0.15) is 6.42 Å². The lowest BCUT2D eigenvalue weighted by molar-refractivity contribution is -0.132. The van der Waals surface area contributed by atoms with Gasteiger partial charge in [0.05, 0.1) is 6.10 Å². The number of benzene rings is 1. The molecule has 0 saturated carbocycles. The molecule has 1 aliphatic heterocycles. The van der Waals surface area contributed by atoms with Crippen molar-refractivity contribution in [2.45, 2.75) is 12.5 Å². The molecule has 1 atom stereocenters. The fourth-order valence-electron chi connectivity index (χ4n) is 1.77. The number of rotatable bonds is 3. The van der Waals surface area contributed by atoms with E-state index in [0.717, 1.165) is 0 Å². The molecule has 0 bridgehead atoms. The molecular formula is C12H16N2O3. The second-order valence-electron chi connectivity index (χ2n) is 4.14. The summed E-state index contributed by atoms with van der Waals surface area (Å²) in [5.74, 6) is 0.519. The van der Waals surface area contributed by atoms with Gasteiger partial charge in [0, 0.05) is 18.8 Å². The molecule has 1 aliphatic rings. The predicted octanol–water partition coefficient (Wildman–Crippen LogP) is 0.241. The number of aliphatic hydroxyl groups is 1. The van der Waals surface area contributed by atoms with Gasteiger partial charge in [0.2, 0.25) is 0 Å². The van der Waals surface area contributed by atoms with E-state index in [2.05, 4.69) is 0 Å². The summed E-state index contributed by atoms with van der Waals surface area (Å²) in [6.45, 7) is 1.01. The molecule has 5 heteroatoms. The lowest BCUT2D eigenvalue weighted by Gasteiger charge is -2.15. The highest BCUT2D eigenvalue weighted by molar-refractivity contribution is 5.78. The number of anilines is 1. The Morgan fingerprint density at radius 2 is 2.18 bits per heavy atom. The summed E-state index contributed by atoms with van der Waals surface area (Å²) in [7, 11) is 0. The van der Waals surface area contributed by atoms with Gasteiger partial charge in [-0.1, -0.05) is 0 Å². The van der Waals surface area contributed by atoms with Crippen molar-refractivity contribution in [2.24, 2.45) is 0 Å². The van der Waals surface area contributed by atoms with Gasteiger partial charge in [0.25, 0.3) is 5.91 Å². The van der Waals surface area contributed by atoms with Crippen molar-refractivity contribution in [2.75, 3.05) is 25.4 Å². The minimum atomic E-state index is -0.393. The van der Waals surface area contributed by atoms with Gasteiger partial charge in [-0.3, -0.25) is 4.79 Å². The molecule has 0 aliphatic carbocycles. The van der Waals surface area contributed by atoms with Crippen molar-refractivity contribution in [1.82, 2.24) is 4.90 Å². The van der Waals surface area contributed by atoms with Crippen LogP contribution in [0.4, 0.5) is 5.69 Å². The Hall–Kier alpha value is -1.75. The zero-order valence-electron chi connectivity index (χ0n) is 9.50. The largest absolute Gasteiger partial charge is 0.484 e. The number of amides is 1. The van der Waals surface area contributed by atoms with Crippen molar-refractivity contribution in [3.63, 3.8) is 0 Å². The van der Waals surface area contributed by atoms with Gasteiger partial charge in [-0.2, -0.15) is 0 Å². The minimum Gasteiger partial charge on any atom is -0.484 e. The lowest BCUT2D eigenvalue weighted by Crippen LogP contribution is -2.33. The summed E-state index contributed by atoms with van der Waals surface area (Å²) in [5, 5.41) is 9.32. The number of nitrogen functional groups attached to an aromatic ring is 1. The number of hydrogen-bond acceptors (Lipinski definition) is 4. The summed E-state index contributed by atoms with van der Waals surface area (Å²) in [6, 6.07) is 6.89. The maximum absolute atomic E-state index is 11.7. The zero-order chi connectivity index (χ0) is 12.3. The normalized spacial score (nSPS) is 19.4. The van der Waals surface area contributed by atoms with E-state index in [0.29, 0.717) is 30.9 Å². The van der Waals surface area contributed by atoms with Crippen molar-refractivity contribution >= 4 is 11.6 Å². The molecule has 1 aromatic rings. The first-order valence-corrected chi connectivity index (χ1v) is 5.59. The third-order valence-electron chi connectivity index (χ3n) is 2.76. The van der Waals surface area contributed by atoms with Crippen LogP contribution in [-0.2, 0) is 4.79 Å². The minimum absolute atomic E-state index is 0.00334. The molecule has 1 amide bonds. The predicted molar refractivity (Wildman–Crippen MR) is 63.6 cm³/mol. The summed E-state index contributed by atoms with van der Waals surface area (Å²) in [5.41, 5.74) is 6.20. The van der Waals surface area contributed by atoms with Crippen LogP contribution in [0.15, 0.2) is 24.3 Å². The molecular weight excluding hydrogens is 220 g/mol. The average Bonchev–Trinajstić information content (AvgIpc) is 2.75. The number of aliphatic hydroxyl groups excluding tert-OH is 1. The third-order valence-corrected chi connectivity index (χ3v) is 2.76. The number of carbonyl (C=O) groups excluding carboxylic acids is 1. The van der Waals surface area contributed by atoms with Crippen LogP contribution in [0.25, 0.3) is 0 Å². The fourth-order valence-corrected chi connectivity index (χ4v) is 1.77. The Balaban J connectivity index is 1.82. The monoisotopic (exact) mass is 236 g/mol. The quantitative estimate of drug-likeness (QED) is 0.737. The summed E-state index contributed by atoms with van der Waals surface area (Å²) in [4.78, 5) is 13.3. The Kier molecular flexibility index (Phi) is 3.49. The molecule has 0 spiro atoms. The van der Waals surface area contributed by atoms with Crippen LogP contribution in [-0.4, -0.2) is 41.7 Å². The topological polar surface area (TPSA) is 75.8 Å². The molecule has 1 fully saturated rings. The Morgan fingerprint density at radius 1 is 1.47 bits per heavy atom. The van der Waals surface area contributed by atoms with Crippen LogP contribution in [0.5, 0.6) is 5.75 Å². The van der Waals surface area contributed by atoms with Crippen molar-refractivity contribution in [3.05, 3.63) is 24.3 Å². The molecule has 92 valence electrons. The second-order valence-corrected chi connectivity index (χ2v) is 4.14. The molecule has 0 aromatic heterocycles. The van der Waals surface area contributed by atoms with E-state index < -0.39 is 6.10 Å². The molecule has 5 nitrogen and oxygen atoms in total. The van der Waals surface area contributed by atoms with Gasteiger partial charge in [0.15, 0.2) is 6.61 Å². The second kappa shape index (κ2) is 5.05. The number of β-amino-alcohol motifs (C(OH)–C–C–N with tert-alkyl or cyclic N) is 1. The van der Waals surface area contributed by atoms with Crippen LogP contribution in [0, 0.1) is 0 Å². The summed E-state index contributed by atoms with van der Waals surface area (Å²) >= 11 is 0. The Bertz CT molecular complexity index is 391. The molecule has 1 saturated heterocycles. The SMILES string of the molecule is Nc1ccc(OCC(=O)N2CC[C@H](O)C2)cc1. The molecule has 0 radical (unpaired) electrons. The van der Waals surface area contributed by atoms with Gasteiger partial charge in [-0.05, 0) is 30.7 Å². The van der Waals surface area contributed by atoms with Gasteiger partial charge in [-0.25, -0.2) is 0 Å². The van der Waals surface area contributed by atoms with Crippen molar-refractivity contribution < 1.29 is 14.6 Å². The summed E-state index contributed by atoms with van der Waals surface area (Å²) in [6.07, 6.45) is 0.253. The van der Waals surface area contributed by atoms with Gasteiger partial charge < -0.3 is 20.5 Å². The van der Waals surface area contributed by atoms with Gasteiger partial charge in [0.1, 0.15) is 5.75 Å². The number of likely N-dealkylation sites (tertiary alicyclic amines) is 1. The summed E-state index contributed by atoms with van der Waals surface area (Å²) < 4.78 is 5.34. The van der Waals surface area contributed by atoms with Crippen molar-refractivity contribution in [1.29, 1.82) is 0 Å². The van der Waals surface area contributed by atoms with E-state index in [-0.39, 0.29) is 12.5 Å². The molecule has 1 heterocycles. The van der Waals surface area contributed by atoms with E-state index in [1.54, 1.807) is 29.2 Å². The standard InChI is InChI=1S/C12H16N2O3/c13-9-1-3-11(4-2-9)17-8-12(16)14-6-5-10(15)7-14/h1-4,10,15H,5-8,13H2/t10-/m0/s1. The number of nitrogens with two attached hydrogens (primary N) is 1. The third kappa shape index (κ3) is 3.10. The van der Waals surface area contributed by atoms with E-state index in [1.807, 2.05) is 0 Å². The van der Waals surface area contributed by atoms with Crippen LogP contribution >= 0.6 is 0 Å². The number of hydrogen-bond donors (Lipinski definition) is 2. The number of carbonyl (C=O) groups is 1. The Labute approximate surface area is 99.8 Å². The molecule has 0 unspecified atom stereocenters. The molecule has 1 aromatic carbocycles. The van der Waals surface area contributed by atoms with E-state index in [4.69, 9.17) is 10.5 Å². The van der Waals surface area contributed by atoms with Crippen LogP contribution < -0.4 is 10.5 Å². The average molecular weight is 236 g/mol. The highest BCUT2D eigenvalue weighted by Crippen LogP contribution is 2.14. The van der Waals surface area contributed by atoms with E-state index >= 15 is 0 Å². The number of nitrogens with zero attached hydrogens (tertiary/aromatic N) is 1. The Morgan fingerprint density at radius 3 is 2.76 bits per heavy atom. The fraction of sp³-hybridized carbons (Fsp3) is 0.417. The maximum atomic E-state index is 11.7. The number of ether oxygens (including phenoxy) is 1.